The van der Waals surface area contributed by atoms with Crippen molar-refractivity contribution in [1.82, 2.24) is 20.1 Å². The second-order valence-corrected chi connectivity index (χ2v) is 4.89. The summed E-state index contributed by atoms with van der Waals surface area (Å²) >= 11 is 0. The largest absolute Gasteiger partial charge is 0.486 e. The van der Waals surface area contributed by atoms with Gasteiger partial charge in [-0.25, -0.2) is 0 Å². The Morgan fingerprint density at radius 2 is 2.37 bits per heavy atom. The molecule has 1 aromatic carbocycles. The van der Waals surface area contributed by atoms with Gasteiger partial charge in [0.1, 0.15) is 18.7 Å². The molecule has 1 atom stereocenters. The highest BCUT2D eigenvalue weighted by molar-refractivity contribution is 5.40. The van der Waals surface area contributed by atoms with Crippen LogP contribution in [0.15, 0.2) is 24.5 Å². The van der Waals surface area contributed by atoms with Gasteiger partial charge in [0, 0.05) is 13.1 Å². The van der Waals surface area contributed by atoms with E-state index in [0.29, 0.717) is 12.6 Å². The molecule has 0 spiro atoms. The first kappa shape index (κ1) is 12.2. The number of rotatable bonds is 4. The Bertz CT molecular complexity index is 579. The van der Waals surface area contributed by atoms with Crippen LogP contribution in [0.1, 0.15) is 29.4 Å². The van der Waals surface area contributed by atoms with Gasteiger partial charge in [-0.15, -0.1) is 10.2 Å². The van der Waals surface area contributed by atoms with Crippen molar-refractivity contribution in [2.45, 2.75) is 25.5 Å². The maximum absolute atomic E-state index is 5.78. The van der Waals surface area contributed by atoms with Crippen molar-refractivity contribution in [2.75, 3.05) is 7.05 Å². The lowest BCUT2D eigenvalue weighted by atomic mass is 10.1. The molecule has 19 heavy (non-hydrogen) atoms. The average molecular weight is 258 g/mol. The molecule has 0 bridgehead atoms. The first-order valence-electron chi connectivity index (χ1n) is 6.53. The van der Waals surface area contributed by atoms with E-state index in [-0.39, 0.29) is 0 Å². The number of ether oxygens (including phenoxy) is 1. The summed E-state index contributed by atoms with van der Waals surface area (Å²) in [6.45, 7) is 0.449. The molecule has 100 valence electrons. The van der Waals surface area contributed by atoms with Gasteiger partial charge in [-0.3, -0.25) is 0 Å². The van der Waals surface area contributed by atoms with Gasteiger partial charge in [0.25, 0.3) is 0 Å². The molecule has 0 saturated carbocycles. The molecule has 1 N–H and O–H groups in total. The van der Waals surface area contributed by atoms with Crippen molar-refractivity contribution < 1.29 is 4.74 Å². The molecule has 0 fully saturated rings. The topological polar surface area (TPSA) is 52.0 Å². The van der Waals surface area contributed by atoms with E-state index in [2.05, 4.69) is 27.6 Å². The highest BCUT2D eigenvalue weighted by atomic mass is 16.5. The molecular formula is C14H18N4O. The number of fused-ring (bicyclic) bond motifs is 1. The Hall–Kier alpha value is -1.88. The first-order chi connectivity index (χ1) is 9.28. The molecule has 0 aliphatic heterocycles. The molecule has 5 heteroatoms. The Balaban J connectivity index is 1.72. The van der Waals surface area contributed by atoms with E-state index in [1.54, 1.807) is 6.33 Å². The smallest absolute Gasteiger partial charge is 0.170 e. The highest BCUT2D eigenvalue weighted by Crippen LogP contribution is 2.33. The van der Waals surface area contributed by atoms with Crippen molar-refractivity contribution in [1.29, 1.82) is 0 Å². The van der Waals surface area contributed by atoms with E-state index in [1.165, 1.54) is 17.5 Å². The fraction of sp³-hybridized carbons (Fsp3) is 0.429. The average Bonchev–Trinajstić information content (AvgIpc) is 3.01. The third-order valence-corrected chi connectivity index (χ3v) is 3.71. The van der Waals surface area contributed by atoms with Crippen LogP contribution in [-0.2, 0) is 20.1 Å². The number of benzene rings is 1. The summed E-state index contributed by atoms with van der Waals surface area (Å²) in [5, 5.41) is 11.2. The van der Waals surface area contributed by atoms with Gasteiger partial charge in [-0.2, -0.15) is 0 Å². The molecule has 0 amide bonds. The lowest BCUT2D eigenvalue weighted by molar-refractivity contribution is 0.291. The Labute approximate surface area is 112 Å². The van der Waals surface area contributed by atoms with Crippen molar-refractivity contribution in [3.63, 3.8) is 0 Å². The predicted molar refractivity (Wildman–Crippen MR) is 71.9 cm³/mol. The Kier molecular flexibility index (Phi) is 3.21. The maximum atomic E-state index is 5.78. The molecular weight excluding hydrogens is 240 g/mol. The fourth-order valence-electron chi connectivity index (χ4n) is 2.57. The molecule has 5 nitrogen and oxygen atoms in total. The first-order valence-corrected chi connectivity index (χ1v) is 6.53. The fourth-order valence-corrected chi connectivity index (χ4v) is 2.57. The molecule has 1 unspecified atom stereocenters. The van der Waals surface area contributed by atoms with Gasteiger partial charge >= 0.3 is 0 Å². The number of aromatic nitrogens is 3. The number of aryl methyl sites for hydroxylation is 2. The molecule has 1 aliphatic rings. The lowest BCUT2D eigenvalue weighted by Crippen LogP contribution is -2.12. The quantitative estimate of drug-likeness (QED) is 0.905. The number of nitrogens with zero attached hydrogens (tertiary/aromatic N) is 3. The SMILES string of the molecule is CNC1CCc2cc(OCc3nncn3C)ccc21. The van der Waals surface area contributed by atoms with Crippen LogP contribution in [0.3, 0.4) is 0 Å². The summed E-state index contributed by atoms with van der Waals surface area (Å²) in [4.78, 5) is 0. The summed E-state index contributed by atoms with van der Waals surface area (Å²) in [7, 11) is 3.93. The molecule has 1 aliphatic carbocycles. The Morgan fingerprint density at radius 3 is 3.11 bits per heavy atom. The van der Waals surface area contributed by atoms with Crippen LogP contribution in [0.2, 0.25) is 0 Å². The van der Waals surface area contributed by atoms with Crippen molar-refractivity contribution in [3.05, 3.63) is 41.5 Å². The highest BCUT2D eigenvalue weighted by Gasteiger charge is 2.21. The van der Waals surface area contributed by atoms with Crippen molar-refractivity contribution in [3.8, 4) is 5.75 Å². The van der Waals surface area contributed by atoms with Crippen molar-refractivity contribution in [2.24, 2.45) is 7.05 Å². The second-order valence-electron chi connectivity index (χ2n) is 4.89. The van der Waals surface area contributed by atoms with Crippen LogP contribution in [0.5, 0.6) is 5.75 Å². The molecule has 0 radical (unpaired) electrons. The van der Waals surface area contributed by atoms with E-state index in [9.17, 15) is 0 Å². The summed E-state index contributed by atoms with van der Waals surface area (Å²) in [6, 6.07) is 6.83. The zero-order valence-electron chi connectivity index (χ0n) is 11.3. The predicted octanol–water partition coefficient (Wildman–Crippen LogP) is 1.60. The normalized spacial score (nSPS) is 17.5. The third kappa shape index (κ3) is 2.33. The zero-order valence-corrected chi connectivity index (χ0v) is 11.3. The summed E-state index contributed by atoms with van der Waals surface area (Å²) in [5.41, 5.74) is 2.78. The van der Waals surface area contributed by atoms with Crippen LogP contribution >= 0.6 is 0 Å². The third-order valence-electron chi connectivity index (χ3n) is 3.71. The van der Waals surface area contributed by atoms with Gasteiger partial charge in [-0.1, -0.05) is 6.07 Å². The summed E-state index contributed by atoms with van der Waals surface area (Å²) < 4.78 is 7.65. The van der Waals surface area contributed by atoms with E-state index in [0.717, 1.165) is 18.0 Å². The zero-order chi connectivity index (χ0) is 13.2. The van der Waals surface area contributed by atoms with Gasteiger partial charge in [0.15, 0.2) is 5.82 Å². The number of hydrogen-bond donors (Lipinski definition) is 1. The molecule has 0 saturated heterocycles. The summed E-state index contributed by atoms with van der Waals surface area (Å²) in [5.74, 6) is 1.73. The van der Waals surface area contributed by atoms with Gasteiger partial charge in [0.05, 0.1) is 0 Å². The van der Waals surface area contributed by atoms with E-state index < -0.39 is 0 Å². The molecule has 3 rings (SSSR count). The van der Waals surface area contributed by atoms with Crippen LogP contribution in [0.4, 0.5) is 0 Å². The van der Waals surface area contributed by atoms with E-state index in [1.807, 2.05) is 24.7 Å². The van der Waals surface area contributed by atoms with Crippen molar-refractivity contribution >= 4 is 0 Å². The van der Waals surface area contributed by atoms with Gasteiger partial charge < -0.3 is 14.6 Å². The standard InChI is InChI=1S/C14H18N4O/c1-15-13-6-3-10-7-11(4-5-12(10)13)19-8-14-17-16-9-18(14)2/h4-5,7,9,13,15H,3,6,8H2,1-2H3. The number of hydrogen-bond acceptors (Lipinski definition) is 4. The molecule has 1 heterocycles. The second kappa shape index (κ2) is 5.01. The Morgan fingerprint density at radius 1 is 1.47 bits per heavy atom. The number of nitrogens with one attached hydrogen (secondary N) is 1. The van der Waals surface area contributed by atoms with E-state index >= 15 is 0 Å². The van der Waals surface area contributed by atoms with Crippen LogP contribution in [0.25, 0.3) is 0 Å². The minimum Gasteiger partial charge on any atom is -0.486 e. The maximum Gasteiger partial charge on any atom is 0.170 e. The van der Waals surface area contributed by atoms with Gasteiger partial charge in [0.2, 0.25) is 0 Å². The van der Waals surface area contributed by atoms with Gasteiger partial charge in [-0.05, 0) is 43.1 Å². The molecule has 1 aromatic heterocycles. The summed E-state index contributed by atoms with van der Waals surface area (Å²) in [6.07, 6.45) is 3.96. The van der Waals surface area contributed by atoms with Crippen LogP contribution in [0, 0.1) is 0 Å². The van der Waals surface area contributed by atoms with Crippen LogP contribution < -0.4 is 10.1 Å². The monoisotopic (exact) mass is 258 g/mol. The lowest BCUT2D eigenvalue weighted by Gasteiger charge is -2.11. The van der Waals surface area contributed by atoms with E-state index in [4.69, 9.17) is 4.74 Å². The minimum atomic E-state index is 0.449. The minimum absolute atomic E-state index is 0.449. The van der Waals surface area contributed by atoms with Crippen LogP contribution in [-0.4, -0.2) is 21.8 Å². The molecule has 2 aromatic rings.